The highest BCUT2D eigenvalue weighted by atomic mass is 16.5. The minimum atomic E-state index is 0.201. The lowest BCUT2D eigenvalue weighted by Gasteiger charge is -2.40. The minimum Gasteiger partial charge on any atom is -0.490 e. The van der Waals surface area contributed by atoms with Gasteiger partial charge in [-0.25, -0.2) is 0 Å². The Labute approximate surface area is 159 Å². The van der Waals surface area contributed by atoms with Crippen molar-refractivity contribution in [3.63, 3.8) is 0 Å². The van der Waals surface area contributed by atoms with Gasteiger partial charge in [-0.3, -0.25) is 0 Å². The van der Waals surface area contributed by atoms with Crippen LogP contribution in [0, 0.1) is 11.8 Å². The van der Waals surface area contributed by atoms with Crippen molar-refractivity contribution in [2.45, 2.75) is 44.6 Å². The normalized spacial score (nSPS) is 24.2. The van der Waals surface area contributed by atoms with Gasteiger partial charge in [0.15, 0.2) is 0 Å². The topological polar surface area (TPSA) is 33.7 Å². The molecule has 2 fully saturated rings. The molecule has 0 amide bonds. The summed E-state index contributed by atoms with van der Waals surface area (Å²) in [7, 11) is 4.33. The number of benzene rings is 1. The molecular formula is C22H36N2O2. The quantitative estimate of drug-likeness (QED) is 0.809. The van der Waals surface area contributed by atoms with Gasteiger partial charge < -0.3 is 19.7 Å². The molecule has 1 aromatic rings. The van der Waals surface area contributed by atoms with Crippen LogP contribution in [0.15, 0.2) is 24.3 Å². The Hall–Kier alpha value is -1.10. The summed E-state index contributed by atoms with van der Waals surface area (Å²) in [6.45, 7) is 9.51. The van der Waals surface area contributed by atoms with E-state index in [1.165, 1.54) is 12.0 Å². The van der Waals surface area contributed by atoms with Gasteiger partial charge in [-0.2, -0.15) is 0 Å². The molecule has 146 valence electrons. The molecule has 1 N–H and O–H groups in total. The smallest absolute Gasteiger partial charge is 0.119 e. The fourth-order valence-electron chi connectivity index (χ4n) is 4.68. The maximum Gasteiger partial charge on any atom is 0.119 e. The molecule has 0 radical (unpaired) electrons. The van der Waals surface area contributed by atoms with Gasteiger partial charge in [-0.05, 0) is 63.5 Å². The molecule has 26 heavy (non-hydrogen) atoms. The van der Waals surface area contributed by atoms with E-state index in [0.29, 0.717) is 11.8 Å². The summed E-state index contributed by atoms with van der Waals surface area (Å²) in [5.74, 6) is 2.15. The van der Waals surface area contributed by atoms with Gasteiger partial charge >= 0.3 is 0 Å². The van der Waals surface area contributed by atoms with Crippen LogP contribution in [0.2, 0.25) is 0 Å². The van der Waals surface area contributed by atoms with Crippen LogP contribution in [0.5, 0.6) is 5.75 Å². The van der Waals surface area contributed by atoms with Gasteiger partial charge in [0.2, 0.25) is 0 Å². The van der Waals surface area contributed by atoms with Crippen LogP contribution in [-0.2, 0) is 10.2 Å². The summed E-state index contributed by atoms with van der Waals surface area (Å²) >= 11 is 0. The van der Waals surface area contributed by atoms with E-state index in [1.54, 1.807) is 0 Å². The molecule has 0 spiro atoms. The highest BCUT2D eigenvalue weighted by molar-refractivity contribution is 5.33. The van der Waals surface area contributed by atoms with Crippen molar-refractivity contribution in [2.75, 3.05) is 46.9 Å². The van der Waals surface area contributed by atoms with Gasteiger partial charge in [-0.15, -0.1) is 0 Å². The van der Waals surface area contributed by atoms with E-state index < -0.39 is 0 Å². The number of rotatable bonds is 7. The van der Waals surface area contributed by atoms with E-state index in [4.69, 9.17) is 9.47 Å². The predicted octanol–water partition coefficient (Wildman–Crippen LogP) is 3.31. The molecule has 0 aliphatic carbocycles. The second-order valence-electron chi connectivity index (χ2n) is 8.73. The maximum absolute atomic E-state index is 6.44. The fourth-order valence-corrected chi connectivity index (χ4v) is 4.68. The SMILES string of the molecule is CC(C)C(Oc1ccc(C2(CN(C)C)CCOCC2)cc1)C1CCNC1. The highest BCUT2D eigenvalue weighted by Gasteiger charge is 2.35. The van der Waals surface area contributed by atoms with E-state index in [2.05, 4.69) is 62.4 Å². The van der Waals surface area contributed by atoms with E-state index in [1.807, 2.05) is 0 Å². The molecule has 2 atom stereocenters. The van der Waals surface area contributed by atoms with Crippen molar-refractivity contribution < 1.29 is 9.47 Å². The minimum absolute atomic E-state index is 0.201. The van der Waals surface area contributed by atoms with E-state index >= 15 is 0 Å². The van der Waals surface area contributed by atoms with Crippen molar-refractivity contribution in [3.05, 3.63) is 29.8 Å². The summed E-state index contributed by atoms with van der Waals surface area (Å²) in [6, 6.07) is 8.93. The standard InChI is InChI=1S/C22H36N2O2/c1-17(2)21(18-9-12-23-15-18)26-20-7-5-19(6-8-20)22(16-24(3)4)10-13-25-14-11-22/h5-8,17-18,21,23H,9-16H2,1-4H3. The van der Waals surface area contributed by atoms with Gasteiger partial charge in [0.25, 0.3) is 0 Å². The number of likely N-dealkylation sites (N-methyl/N-ethyl adjacent to an activating group) is 1. The van der Waals surface area contributed by atoms with Gasteiger partial charge in [0.1, 0.15) is 11.9 Å². The molecule has 2 heterocycles. The van der Waals surface area contributed by atoms with Crippen molar-refractivity contribution >= 4 is 0 Å². The van der Waals surface area contributed by atoms with Crippen molar-refractivity contribution in [3.8, 4) is 5.75 Å². The lowest BCUT2D eigenvalue weighted by molar-refractivity contribution is 0.0401. The molecule has 3 rings (SSSR count). The summed E-state index contributed by atoms with van der Waals surface area (Å²) in [6.07, 6.45) is 3.68. The Morgan fingerprint density at radius 1 is 1.19 bits per heavy atom. The van der Waals surface area contributed by atoms with Gasteiger partial charge in [-0.1, -0.05) is 26.0 Å². The first-order chi connectivity index (χ1) is 12.5. The molecule has 2 saturated heterocycles. The largest absolute Gasteiger partial charge is 0.490 e. The van der Waals surface area contributed by atoms with E-state index in [-0.39, 0.29) is 11.5 Å². The Kier molecular flexibility index (Phi) is 6.60. The second kappa shape index (κ2) is 8.73. The molecule has 4 nitrogen and oxygen atoms in total. The summed E-state index contributed by atoms with van der Waals surface area (Å²) < 4.78 is 12.1. The summed E-state index contributed by atoms with van der Waals surface area (Å²) in [5, 5.41) is 3.47. The predicted molar refractivity (Wildman–Crippen MR) is 107 cm³/mol. The van der Waals surface area contributed by atoms with Crippen LogP contribution in [-0.4, -0.2) is 57.9 Å². The molecule has 1 aromatic carbocycles. The Balaban J connectivity index is 1.73. The Morgan fingerprint density at radius 3 is 2.42 bits per heavy atom. The summed E-state index contributed by atoms with van der Waals surface area (Å²) in [4.78, 5) is 2.30. The number of ether oxygens (including phenoxy) is 2. The maximum atomic E-state index is 6.44. The van der Waals surface area contributed by atoms with Crippen LogP contribution in [0.1, 0.15) is 38.7 Å². The first-order valence-electron chi connectivity index (χ1n) is 10.2. The van der Waals surface area contributed by atoms with Crippen LogP contribution in [0.3, 0.4) is 0 Å². The Morgan fingerprint density at radius 2 is 1.88 bits per heavy atom. The monoisotopic (exact) mass is 360 g/mol. The molecule has 2 unspecified atom stereocenters. The molecule has 2 aliphatic rings. The lowest BCUT2D eigenvalue weighted by Crippen LogP contribution is -2.42. The van der Waals surface area contributed by atoms with Crippen LogP contribution >= 0.6 is 0 Å². The number of nitrogens with zero attached hydrogens (tertiary/aromatic N) is 1. The number of hydrogen-bond donors (Lipinski definition) is 1. The second-order valence-corrected chi connectivity index (χ2v) is 8.73. The fraction of sp³-hybridized carbons (Fsp3) is 0.727. The summed E-state index contributed by atoms with van der Waals surface area (Å²) in [5.41, 5.74) is 1.62. The first-order valence-corrected chi connectivity index (χ1v) is 10.2. The zero-order valence-electron chi connectivity index (χ0n) is 17.0. The van der Waals surface area contributed by atoms with Gasteiger partial charge in [0.05, 0.1) is 0 Å². The highest BCUT2D eigenvalue weighted by Crippen LogP contribution is 2.36. The Bertz CT molecular complexity index is 544. The molecule has 0 saturated carbocycles. The molecular weight excluding hydrogens is 324 g/mol. The average Bonchev–Trinajstić information content (AvgIpc) is 3.14. The molecule has 0 bridgehead atoms. The van der Waals surface area contributed by atoms with Crippen molar-refractivity contribution in [1.29, 1.82) is 0 Å². The average molecular weight is 361 g/mol. The van der Waals surface area contributed by atoms with E-state index in [0.717, 1.165) is 51.4 Å². The zero-order valence-corrected chi connectivity index (χ0v) is 17.0. The van der Waals surface area contributed by atoms with Crippen molar-refractivity contribution in [1.82, 2.24) is 10.2 Å². The molecule has 2 aliphatic heterocycles. The van der Waals surface area contributed by atoms with Crippen LogP contribution < -0.4 is 10.1 Å². The first kappa shape index (κ1) is 19.7. The zero-order chi connectivity index (χ0) is 18.6. The third-order valence-corrected chi connectivity index (χ3v) is 6.03. The number of nitrogens with one attached hydrogen (secondary N) is 1. The molecule has 4 heteroatoms. The van der Waals surface area contributed by atoms with Gasteiger partial charge in [0, 0.05) is 37.6 Å². The molecule has 0 aromatic heterocycles. The third-order valence-electron chi connectivity index (χ3n) is 6.03. The van der Waals surface area contributed by atoms with Crippen LogP contribution in [0.4, 0.5) is 0 Å². The third kappa shape index (κ3) is 4.59. The van der Waals surface area contributed by atoms with Crippen LogP contribution in [0.25, 0.3) is 0 Å². The lowest BCUT2D eigenvalue weighted by atomic mass is 9.74. The van der Waals surface area contributed by atoms with Crippen molar-refractivity contribution in [2.24, 2.45) is 11.8 Å². The number of hydrogen-bond acceptors (Lipinski definition) is 4. The van der Waals surface area contributed by atoms with E-state index in [9.17, 15) is 0 Å².